The van der Waals surface area contributed by atoms with Crippen LogP contribution in [0.1, 0.15) is 307 Å². The van der Waals surface area contributed by atoms with E-state index in [4.69, 9.17) is 76.9 Å². The number of rotatable bonds is 7. The van der Waals surface area contributed by atoms with Gasteiger partial charge in [0.05, 0.1) is 54.3 Å². The standard InChI is InChI=1S/2C11H17N3O3.C11H19NO4.2C10H19N3O3.C10H16N2O2.2C6H9N3O.2C2HF3O.2CH3FO.4CH4.ClH.H3NO/c1-11(2,3)17-10(15)14-6-4-5-8(14)9-13-12-7-16-9;1-11(2,3)17-10(15)14-6-4-5-8(14)9-12-7-16-13-9;1-11(2,3)16-10(14)12-7-5-6-8(12)9(13)15-4;1-10(2,3)16-9(15)13-6-4-5-7(13)8(14)12-11;1-10(2,3)16-9(14)13-6-4-5-7(13)8(11)12-15;1-10(2,3)14-9(13)12-6-4-5-8(12)7-11;2*1-2-5(7-3-1)6-8-4-10-9-6;2*3-2(4,5)1-6;2*1-3-2;;;;;;1-2/h2*7-8H,4-6H2,1-3H3;8H,5-7H2,1-4H3;7H,4-6,11H2,1-3H3,(H,12,14);7,15H,4-6H2,1-3H3,(H2,11,12);8H,4-6H2,1-3H3;2*4-5,7H,1-3H2;2*1H;2*1H3;4*1H4;1H;2H,1H2/t3*8-;2*7-;8-;2*5-;;;;;;;;;;/m00000000........../s1/i;;;;;;;;;;2*1T;;;;;;. The number of amides is 7. The number of nitrogens with two attached hydrogens (primary N) is 3. The Morgan fingerprint density at radius 3 is 1.09 bits per heavy atom. The van der Waals surface area contributed by atoms with Crippen LogP contribution in [0.2, 0.25) is 0 Å². The zero-order valence-electron chi connectivity index (χ0n) is 82.6. The minimum absolute atomic E-state index is 0. The summed E-state index contributed by atoms with van der Waals surface area (Å²) in [6, 6.07) is 0.868. The molecule has 0 bridgehead atoms. The van der Waals surface area contributed by atoms with Crippen LogP contribution in [0.4, 0.5) is 64.2 Å². The van der Waals surface area contributed by atoms with Crippen molar-refractivity contribution in [2.24, 2.45) is 22.6 Å². The number of halogens is 9. The lowest BCUT2D eigenvalue weighted by atomic mass is 10.2. The molecule has 816 valence electrons. The molecule has 141 heavy (non-hydrogen) atoms. The third-order valence-electron chi connectivity index (χ3n) is 17.9. The van der Waals surface area contributed by atoms with Crippen LogP contribution < -0.4 is 33.5 Å². The molecule has 0 unspecified atom stereocenters. The summed E-state index contributed by atoms with van der Waals surface area (Å²) in [5.74, 6) is 10.5. The summed E-state index contributed by atoms with van der Waals surface area (Å²) in [6.07, 6.45) is 5.81. The van der Waals surface area contributed by atoms with E-state index in [1.165, 1.54) is 65.1 Å². The maximum atomic E-state index is 12.0. The van der Waals surface area contributed by atoms with Gasteiger partial charge in [0.25, 0.3) is 5.91 Å². The Kier molecular flexibility index (Phi) is 67.0. The number of aromatic nitrogens is 8. The number of aldehydes is 2. The largest absolute Gasteiger partial charge is 0.467 e. The second-order valence-corrected chi connectivity index (χ2v) is 35.7. The van der Waals surface area contributed by atoms with E-state index in [0.717, 1.165) is 95.4 Å². The molecular formula is C85H153ClF8N22O25. The van der Waals surface area contributed by atoms with E-state index in [-0.39, 0.29) is 102 Å². The fourth-order valence-corrected chi connectivity index (χ4v) is 12.7. The predicted octanol–water partition coefficient (Wildman–Crippen LogP) is 15.1. The first-order valence-corrected chi connectivity index (χ1v) is 42.6. The molecule has 8 aliphatic rings. The van der Waals surface area contributed by atoms with Crippen LogP contribution in [-0.4, -0.2) is 291 Å². The average Bonchev–Trinajstić information content (AvgIpc) is 1.67. The molecule has 12 rings (SSSR count). The fraction of sp³-hybridized carbons (Fsp3) is 0.765. The summed E-state index contributed by atoms with van der Waals surface area (Å²) in [5, 5.41) is 52.2. The highest BCUT2D eigenvalue weighted by Gasteiger charge is 2.42. The van der Waals surface area contributed by atoms with Crippen LogP contribution in [0, 0.1) is 11.3 Å². The number of nitrogens with one attached hydrogen (secondary N) is 3. The van der Waals surface area contributed by atoms with Gasteiger partial charge in [-0.25, -0.2) is 45.3 Å². The molecular weight excluding hydrogens is 1920 g/mol. The van der Waals surface area contributed by atoms with Gasteiger partial charge in [0.2, 0.25) is 44.0 Å². The topological polar surface area (TPSA) is 620 Å². The lowest BCUT2D eigenvalue weighted by molar-refractivity contribution is -0.156. The van der Waals surface area contributed by atoms with Crippen molar-refractivity contribution in [2.75, 3.05) is 73.6 Å². The molecule has 4 aromatic heterocycles. The van der Waals surface area contributed by atoms with Gasteiger partial charge in [0.15, 0.2) is 23.3 Å². The molecule has 56 heteroatoms. The van der Waals surface area contributed by atoms with Crippen molar-refractivity contribution in [3.8, 4) is 6.07 Å². The van der Waals surface area contributed by atoms with Crippen molar-refractivity contribution < 1.29 is 158 Å². The molecule has 7 amide bonds. The van der Waals surface area contributed by atoms with Crippen LogP contribution in [0.15, 0.2) is 48.7 Å². The molecule has 4 aromatic rings. The van der Waals surface area contributed by atoms with Crippen LogP contribution >= 0.6 is 12.4 Å². The first-order valence-electron chi connectivity index (χ1n) is 44.1. The highest BCUT2D eigenvalue weighted by molar-refractivity contribution is 5.89. The SMILES string of the molecule is C.C.C.C.CC(C)(C)OC(=O)N1CCC[C@H]1/C(N)=N/O.CC(C)(C)OC(=O)N1CCC[C@H]1C#N.CC(C)(C)OC(=O)N1CCC[C@H]1C(=O)NN.CC(C)(C)OC(=O)N1CCC[C@H]1c1ncon1.CC(C)(C)OC(=O)N1CCC[C@H]1c1nnco1.COC(=O)[C@@H]1CCCN1C(=O)OC(C)(C)C.Cl.NO.O=CC(F)(F)F.O=CC(F)(F)F.[3H]COF.[3H]COF.c1nc([C@@H]2CCCN2)no1.c1nc([C@@H]2CCCN2)no1. The number of oxime groups is 1. The second kappa shape index (κ2) is 69.5. The number of carbonyl (C=O) groups excluding carboxylic acids is 10. The number of hydrazine groups is 1. The molecule has 0 radical (unpaired) electrons. The van der Waals surface area contributed by atoms with Crippen LogP contribution in [-0.2, 0) is 62.2 Å². The fourth-order valence-electron chi connectivity index (χ4n) is 12.7. The number of hydrogen-bond donors (Lipinski definition) is 8. The molecule has 12 heterocycles. The molecule has 11 N–H and O–H groups in total. The molecule has 47 nitrogen and oxygen atoms in total. The van der Waals surface area contributed by atoms with Crippen LogP contribution in [0.25, 0.3) is 0 Å². The maximum absolute atomic E-state index is 12.0. The van der Waals surface area contributed by atoms with E-state index in [2.05, 4.69) is 97.5 Å². The number of methoxy groups -OCH3 is 1. The molecule has 0 spiro atoms. The third kappa shape index (κ3) is 59.2. The number of amidine groups is 1. The van der Waals surface area contributed by atoms with Crippen molar-refractivity contribution in [3.05, 3.63) is 48.9 Å². The van der Waals surface area contributed by atoms with Gasteiger partial charge in [-0.2, -0.15) is 56.4 Å². The minimum Gasteiger partial charge on any atom is -0.467 e. The Labute approximate surface area is 827 Å². The summed E-state index contributed by atoms with van der Waals surface area (Å²) < 4.78 is 150. The minimum atomic E-state index is -4.64. The Morgan fingerprint density at radius 1 is 0.489 bits per heavy atom. The summed E-state index contributed by atoms with van der Waals surface area (Å²) in [5.41, 5.74) is 4.50. The molecule has 8 fully saturated rings. The summed E-state index contributed by atoms with van der Waals surface area (Å²) in [7, 11) is 0.133. The van der Waals surface area contributed by atoms with Crippen molar-refractivity contribution >= 4 is 79.3 Å². The normalized spacial score (nSPS) is 19.4. The number of carbonyl (C=O) groups is 10. The summed E-state index contributed by atoms with van der Waals surface area (Å²) in [4.78, 5) is 138. The van der Waals surface area contributed by atoms with Crippen molar-refractivity contribution in [3.63, 3.8) is 0 Å². The molecule has 0 aliphatic carbocycles. The quantitative estimate of drug-likeness (QED) is 0.00814. The maximum Gasteiger partial charge on any atom is 0.446 e. The first-order chi connectivity index (χ1) is 64.3. The molecule has 0 saturated carbocycles. The Hall–Kier alpha value is -11.3. The van der Waals surface area contributed by atoms with E-state index >= 15 is 0 Å². The Bertz CT molecular complexity index is 3970. The summed E-state index contributed by atoms with van der Waals surface area (Å²) >= 11 is 0. The number of likely N-dealkylation sites (tertiary alicyclic amines) is 6. The number of nitriles is 1. The van der Waals surface area contributed by atoms with Crippen LogP contribution in [0.5, 0.6) is 0 Å². The van der Waals surface area contributed by atoms with Gasteiger partial charge in [0, 0.05) is 39.3 Å². The van der Waals surface area contributed by atoms with Gasteiger partial charge < -0.3 is 77.9 Å². The lowest BCUT2D eigenvalue weighted by Gasteiger charge is -2.27. The lowest BCUT2D eigenvalue weighted by Crippen LogP contribution is -2.49. The van der Waals surface area contributed by atoms with Gasteiger partial charge in [-0.3, -0.25) is 49.2 Å². The zero-order valence-corrected chi connectivity index (χ0v) is 81.4. The van der Waals surface area contributed by atoms with E-state index in [1.54, 1.807) is 72.1 Å². The van der Waals surface area contributed by atoms with Gasteiger partial charge in [-0.15, -0.1) is 22.6 Å². The molecule has 8 saturated heterocycles. The van der Waals surface area contributed by atoms with E-state index < -0.39 is 103 Å². The number of alkyl halides is 6. The number of nitrogens with zero attached hydrogens (tertiary/aromatic N) is 16. The smallest absolute Gasteiger partial charge is 0.446 e. The zero-order chi connectivity index (χ0) is 106. The highest BCUT2D eigenvalue weighted by Crippen LogP contribution is 2.34. The van der Waals surface area contributed by atoms with Gasteiger partial charge in [0.1, 0.15) is 57.8 Å². The monoisotopic (exact) mass is 2070 g/mol. The van der Waals surface area contributed by atoms with Crippen molar-refractivity contribution in [2.45, 2.75) is 351 Å². The van der Waals surface area contributed by atoms with Gasteiger partial charge in [-0.1, -0.05) is 50.3 Å². The van der Waals surface area contributed by atoms with Crippen LogP contribution in [0.3, 0.4) is 0 Å². The molecule has 0 aromatic carbocycles. The Morgan fingerprint density at radius 2 is 0.787 bits per heavy atom. The predicted molar refractivity (Wildman–Crippen MR) is 495 cm³/mol. The third-order valence-corrected chi connectivity index (χ3v) is 17.9. The number of esters is 1. The van der Waals surface area contributed by atoms with E-state index in [1.807, 2.05) is 62.3 Å². The summed E-state index contributed by atoms with van der Waals surface area (Å²) in [6.45, 7) is 38.5. The molecule has 8 aliphatic heterocycles. The van der Waals surface area contributed by atoms with Crippen molar-refractivity contribution in [1.82, 2.24) is 86.1 Å². The average molecular weight is 2070 g/mol. The molecule has 8 atom stereocenters. The highest BCUT2D eigenvalue weighted by atomic mass is 35.5. The van der Waals surface area contributed by atoms with Gasteiger partial charge in [-0.05, 0) is 250 Å². The first kappa shape index (κ1) is 136. The van der Waals surface area contributed by atoms with Gasteiger partial charge >= 0.3 is 54.9 Å². The number of hydrogen-bond acceptors (Lipinski definition) is 39. The van der Waals surface area contributed by atoms with E-state index in [0.29, 0.717) is 82.3 Å². The van der Waals surface area contributed by atoms with Crippen molar-refractivity contribution in [1.29, 1.82) is 5.26 Å². The number of ether oxygens (including phenoxy) is 7. The Balaban J connectivity index is -0.000000363. The van der Waals surface area contributed by atoms with E-state index in [9.17, 15) is 73.8 Å². The second-order valence-electron chi connectivity index (χ2n) is 35.7.